The Morgan fingerprint density at radius 1 is 1.26 bits per heavy atom. The van der Waals surface area contributed by atoms with Crippen LogP contribution < -0.4 is 4.74 Å². The van der Waals surface area contributed by atoms with Crippen LogP contribution in [0.5, 0.6) is 5.75 Å². The van der Waals surface area contributed by atoms with Crippen LogP contribution >= 0.6 is 27.7 Å². The molecule has 10 heteroatoms. The Hall–Kier alpha value is -1.78. The monoisotopic (exact) mass is 456 g/mol. The van der Waals surface area contributed by atoms with Crippen LogP contribution in [0.1, 0.15) is 19.4 Å². The number of imide groups is 1. The summed E-state index contributed by atoms with van der Waals surface area (Å²) in [6.45, 7) is 4.71. The Kier molecular flexibility index (Phi) is 4.03. The molecule has 8 nitrogen and oxygen atoms in total. The number of amides is 2. The van der Waals surface area contributed by atoms with E-state index in [2.05, 4.69) is 15.9 Å². The minimum absolute atomic E-state index is 0.0510. The van der Waals surface area contributed by atoms with Gasteiger partial charge >= 0.3 is 12.2 Å². The Labute approximate surface area is 167 Å². The molecule has 4 rings (SSSR count). The first kappa shape index (κ1) is 18.6. The van der Waals surface area contributed by atoms with E-state index in [-0.39, 0.29) is 10.1 Å². The van der Waals surface area contributed by atoms with Gasteiger partial charge in [0.25, 0.3) is 0 Å². The predicted octanol–water partition coefficient (Wildman–Crippen LogP) is 3.59. The number of benzene rings is 1. The molecule has 3 heterocycles. The van der Waals surface area contributed by atoms with Crippen molar-refractivity contribution in [1.29, 1.82) is 0 Å². The highest BCUT2D eigenvalue weighted by Crippen LogP contribution is 2.64. The summed E-state index contributed by atoms with van der Waals surface area (Å²) < 4.78 is 12.7. The lowest BCUT2D eigenvalue weighted by Gasteiger charge is -2.62. The number of hydrogen-bond acceptors (Lipinski definition) is 6. The molecule has 1 unspecified atom stereocenters. The predicted molar refractivity (Wildman–Crippen MR) is 102 cm³/mol. The number of thioether (sulfide) groups is 1. The molecule has 2 spiro atoms. The first-order valence-electron chi connectivity index (χ1n) is 8.19. The third-order valence-corrected chi connectivity index (χ3v) is 7.25. The van der Waals surface area contributed by atoms with Crippen LogP contribution in [0.4, 0.5) is 9.59 Å². The number of nitrogens with zero attached hydrogens (tertiary/aromatic N) is 2. The second kappa shape index (κ2) is 5.86. The van der Waals surface area contributed by atoms with Gasteiger partial charge in [0.15, 0.2) is 5.17 Å². The van der Waals surface area contributed by atoms with Crippen LogP contribution in [-0.4, -0.2) is 57.0 Å². The van der Waals surface area contributed by atoms with Crippen molar-refractivity contribution in [3.8, 4) is 5.75 Å². The molecule has 3 aliphatic heterocycles. The third-order valence-electron chi connectivity index (χ3n) is 5.66. The molecular weight excluding hydrogens is 440 g/mol. The quantitative estimate of drug-likeness (QED) is 0.613. The zero-order valence-corrected chi connectivity index (χ0v) is 17.0. The van der Waals surface area contributed by atoms with Gasteiger partial charge in [-0.2, -0.15) is 4.90 Å². The van der Waals surface area contributed by atoms with Gasteiger partial charge in [0.05, 0.1) is 18.6 Å². The van der Waals surface area contributed by atoms with Gasteiger partial charge in [-0.3, -0.25) is 0 Å². The molecule has 1 fully saturated rings. The lowest BCUT2D eigenvalue weighted by atomic mass is 9.56. The first-order chi connectivity index (χ1) is 12.6. The molecule has 0 radical (unpaired) electrons. The van der Waals surface area contributed by atoms with E-state index in [4.69, 9.17) is 14.5 Å². The molecule has 0 saturated carbocycles. The lowest BCUT2D eigenvalue weighted by Crippen LogP contribution is -2.71. The molecule has 0 aromatic heterocycles. The summed E-state index contributed by atoms with van der Waals surface area (Å²) in [7, 11) is 0. The molecule has 1 saturated heterocycles. The summed E-state index contributed by atoms with van der Waals surface area (Å²) in [5.41, 5.74) is -1.22. The van der Waals surface area contributed by atoms with E-state index in [1.165, 1.54) is 0 Å². The van der Waals surface area contributed by atoms with Crippen molar-refractivity contribution in [3.05, 3.63) is 28.2 Å². The molecule has 2 amide bonds. The van der Waals surface area contributed by atoms with Crippen molar-refractivity contribution in [3.63, 3.8) is 0 Å². The fraction of sp³-hybridized carbons (Fsp3) is 0.471. The summed E-state index contributed by atoms with van der Waals surface area (Å²) in [4.78, 5) is 27.9. The maximum atomic E-state index is 11.5. The fourth-order valence-electron chi connectivity index (χ4n) is 4.08. The maximum absolute atomic E-state index is 11.5. The van der Waals surface area contributed by atoms with Crippen LogP contribution in [0.15, 0.2) is 27.7 Å². The van der Waals surface area contributed by atoms with Crippen LogP contribution in [0.3, 0.4) is 0 Å². The van der Waals surface area contributed by atoms with Crippen molar-refractivity contribution in [1.82, 2.24) is 4.90 Å². The maximum Gasteiger partial charge on any atom is 0.423 e. The van der Waals surface area contributed by atoms with Crippen molar-refractivity contribution >= 4 is 45.0 Å². The van der Waals surface area contributed by atoms with Crippen LogP contribution in [0.25, 0.3) is 0 Å². The average molecular weight is 457 g/mol. The van der Waals surface area contributed by atoms with Gasteiger partial charge in [0, 0.05) is 15.8 Å². The van der Waals surface area contributed by atoms with E-state index in [9.17, 15) is 19.8 Å². The average Bonchev–Trinajstić information content (AvgIpc) is 2.91. The molecule has 1 aromatic rings. The minimum Gasteiger partial charge on any atom is -0.487 e. The number of aliphatic imine (C=N–C) groups is 1. The topological polar surface area (TPSA) is 109 Å². The number of carbonyl (C=O) groups is 2. The van der Waals surface area contributed by atoms with Crippen LogP contribution in [0, 0.1) is 5.41 Å². The molecule has 1 atom stereocenters. The molecule has 1 aromatic carbocycles. The molecule has 0 bridgehead atoms. The van der Waals surface area contributed by atoms with Gasteiger partial charge in [-0.05, 0) is 32.0 Å². The number of carboxylic acid groups (broad SMARTS) is 2. The van der Waals surface area contributed by atoms with Crippen molar-refractivity contribution in [2.24, 2.45) is 10.4 Å². The number of amidine groups is 1. The first-order valence-corrected chi connectivity index (χ1v) is 9.97. The van der Waals surface area contributed by atoms with Crippen LogP contribution in [0.2, 0.25) is 0 Å². The summed E-state index contributed by atoms with van der Waals surface area (Å²) in [5, 5.41) is 18.6. The Bertz CT molecular complexity index is 870. The largest absolute Gasteiger partial charge is 0.487 e. The normalized spacial score (nSPS) is 26.7. The molecule has 3 aliphatic rings. The zero-order chi connectivity index (χ0) is 19.6. The van der Waals surface area contributed by atoms with Gasteiger partial charge in [-0.1, -0.05) is 27.7 Å². The van der Waals surface area contributed by atoms with Gasteiger partial charge < -0.3 is 19.7 Å². The number of ether oxygens (including phenoxy) is 2. The lowest BCUT2D eigenvalue weighted by molar-refractivity contribution is -0.241. The Morgan fingerprint density at radius 2 is 1.93 bits per heavy atom. The molecule has 0 aliphatic carbocycles. The highest BCUT2D eigenvalue weighted by Gasteiger charge is 2.70. The SMILES string of the molecule is CC1(C)Oc2ccc(Br)cc2C2(CSC(N(C(=O)O)C(=O)O)=N2)C12COC2. The summed E-state index contributed by atoms with van der Waals surface area (Å²) in [5.74, 6) is 1.06. The van der Waals surface area contributed by atoms with Crippen molar-refractivity contribution in [2.75, 3.05) is 19.0 Å². The minimum atomic E-state index is -1.58. The summed E-state index contributed by atoms with van der Waals surface area (Å²) in [6, 6.07) is 5.62. The number of fused-ring (bicyclic) bond motifs is 3. The van der Waals surface area contributed by atoms with E-state index in [0.717, 1.165) is 21.8 Å². The molecular formula is C17H17BrN2O6S. The zero-order valence-electron chi connectivity index (χ0n) is 14.6. The summed E-state index contributed by atoms with van der Waals surface area (Å²) >= 11 is 4.60. The van der Waals surface area contributed by atoms with Gasteiger partial charge in [-0.15, -0.1) is 0 Å². The second-order valence-electron chi connectivity index (χ2n) is 7.27. The number of hydrogen-bond donors (Lipinski definition) is 2. The van der Waals surface area contributed by atoms with E-state index in [0.29, 0.717) is 24.7 Å². The standard InChI is InChI=1S/C17H17BrN2O6S/c1-15(2)16(6-25-7-16)17(10-5-9(18)3-4-11(10)26-15)8-27-12(19-17)20(13(21)22)14(23)24/h3-5H,6-8H2,1-2H3,(H,21,22)(H,23,24). The number of halogens is 1. The molecule has 144 valence electrons. The Balaban J connectivity index is 1.95. The van der Waals surface area contributed by atoms with Crippen LogP contribution in [-0.2, 0) is 10.3 Å². The van der Waals surface area contributed by atoms with Crippen molar-refractivity contribution < 1.29 is 29.3 Å². The van der Waals surface area contributed by atoms with E-state index in [1.807, 2.05) is 32.0 Å². The highest BCUT2D eigenvalue weighted by atomic mass is 79.9. The highest BCUT2D eigenvalue weighted by molar-refractivity contribution is 9.10. The smallest absolute Gasteiger partial charge is 0.423 e. The fourth-order valence-corrected chi connectivity index (χ4v) is 5.78. The Morgan fingerprint density at radius 3 is 2.48 bits per heavy atom. The van der Waals surface area contributed by atoms with E-state index in [1.54, 1.807) is 0 Å². The van der Waals surface area contributed by atoms with E-state index < -0.39 is 28.7 Å². The second-order valence-corrected chi connectivity index (χ2v) is 9.13. The molecule has 27 heavy (non-hydrogen) atoms. The van der Waals surface area contributed by atoms with Gasteiger partial charge in [0.2, 0.25) is 0 Å². The van der Waals surface area contributed by atoms with Gasteiger partial charge in [-0.25, -0.2) is 14.6 Å². The van der Waals surface area contributed by atoms with Gasteiger partial charge in [0.1, 0.15) is 16.9 Å². The van der Waals surface area contributed by atoms with E-state index >= 15 is 0 Å². The van der Waals surface area contributed by atoms with Crippen molar-refractivity contribution in [2.45, 2.75) is 25.0 Å². The number of rotatable bonds is 0. The molecule has 2 N–H and O–H groups in total. The summed E-state index contributed by atoms with van der Waals surface area (Å²) in [6.07, 6.45) is -3.16. The third kappa shape index (κ3) is 2.36.